The van der Waals surface area contributed by atoms with Gasteiger partial charge in [0.2, 0.25) is 0 Å². The predicted molar refractivity (Wildman–Crippen MR) is 177 cm³/mol. The number of benzene rings is 1. The minimum atomic E-state index is -0.430. The molecule has 1 fully saturated rings. The van der Waals surface area contributed by atoms with Gasteiger partial charge in [-0.2, -0.15) is 0 Å². The van der Waals surface area contributed by atoms with E-state index in [1.54, 1.807) is 19.1 Å². The zero-order chi connectivity index (χ0) is 32.2. The van der Waals surface area contributed by atoms with Crippen molar-refractivity contribution >= 4 is 17.6 Å². The van der Waals surface area contributed by atoms with Crippen molar-refractivity contribution in [2.45, 2.75) is 123 Å². The summed E-state index contributed by atoms with van der Waals surface area (Å²) < 4.78 is 38.3. The summed E-state index contributed by atoms with van der Waals surface area (Å²) in [7, 11) is 0. The molecule has 1 saturated heterocycles. The lowest BCUT2D eigenvalue weighted by Gasteiger charge is -2.46. The van der Waals surface area contributed by atoms with Gasteiger partial charge in [-0.05, 0) is 57.2 Å². The van der Waals surface area contributed by atoms with Gasteiger partial charge >= 0.3 is 5.97 Å². The summed E-state index contributed by atoms with van der Waals surface area (Å²) in [5.74, 6) is -0.400. The van der Waals surface area contributed by atoms with E-state index in [9.17, 15) is 4.79 Å². The van der Waals surface area contributed by atoms with Crippen molar-refractivity contribution in [1.29, 1.82) is 0 Å². The highest BCUT2D eigenvalue weighted by Gasteiger charge is 2.48. The average molecular weight is 637 g/mol. The number of hydrogen-bond acceptors (Lipinski definition) is 7. The van der Waals surface area contributed by atoms with Crippen molar-refractivity contribution in [2.75, 3.05) is 39.6 Å². The third kappa shape index (κ3) is 13.3. The van der Waals surface area contributed by atoms with E-state index in [1.165, 1.54) is 0 Å². The van der Waals surface area contributed by atoms with Crippen LogP contribution in [-0.2, 0) is 28.4 Å². The van der Waals surface area contributed by atoms with E-state index >= 15 is 0 Å². The van der Waals surface area contributed by atoms with E-state index in [0.29, 0.717) is 49.2 Å². The van der Waals surface area contributed by atoms with Crippen LogP contribution in [-0.4, -0.2) is 76.1 Å². The van der Waals surface area contributed by atoms with Crippen LogP contribution in [0.25, 0.3) is 0 Å². The van der Waals surface area contributed by atoms with Gasteiger partial charge in [-0.25, -0.2) is 4.79 Å². The Hall–Kier alpha value is -1.74. The van der Waals surface area contributed by atoms with Crippen LogP contribution in [0.3, 0.4) is 0 Å². The normalized spacial score (nSPS) is 23.0. The van der Waals surface area contributed by atoms with Gasteiger partial charge in [-0.15, -0.1) is 0 Å². The first-order valence-electron chi connectivity index (χ1n) is 16.7. The number of rotatable bonds is 22. The van der Waals surface area contributed by atoms with Crippen molar-refractivity contribution < 1.29 is 33.2 Å². The zero-order valence-corrected chi connectivity index (χ0v) is 28.7. The Bertz CT molecular complexity index is 976. The maximum atomic E-state index is 12.7. The summed E-state index contributed by atoms with van der Waals surface area (Å²) >= 11 is 6.54. The first kappa shape index (κ1) is 38.4. The lowest BCUT2D eigenvalue weighted by molar-refractivity contribution is -0.258. The summed E-state index contributed by atoms with van der Waals surface area (Å²) in [5, 5.41) is 0.542. The Morgan fingerprint density at radius 3 is 1.91 bits per heavy atom. The molecule has 0 radical (unpaired) electrons. The van der Waals surface area contributed by atoms with Gasteiger partial charge in [0.15, 0.2) is 0 Å². The van der Waals surface area contributed by atoms with Crippen LogP contribution in [0.2, 0.25) is 0 Å². The summed E-state index contributed by atoms with van der Waals surface area (Å²) in [6, 6.07) is 8.94. The number of halogens is 1. The number of ether oxygens (including phenoxy) is 6. The molecule has 0 bridgehead atoms. The van der Waals surface area contributed by atoms with Gasteiger partial charge < -0.3 is 28.4 Å². The first-order chi connectivity index (χ1) is 21.4. The summed E-state index contributed by atoms with van der Waals surface area (Å²) in [6.07, 6.45) is 8.10. The van der Waals surface area contributed by atoms with Crippen molar-refractivity contribution in [1.82, 2.24) is 0 Å². The van der Waals surface area contributed by atoms with Crippen molar-refractivity contribution in [3.8, 4) is 0 Å². The summed E-state index contributed by atoms with van der Waals surface area (Å²) in [4.78, 5) is 12.7. The Morgan fingerprint density at radius 2 is 1.34 bits per heavy atom. The van der Waals surface area contributed by atoms with E-state index in [0.717, 1.165) is 56.9 Å². The standard InChI is InChI=1S/C36H57ClO7/c1-7-11-20-39-26-31-33(40-21-12-8-2)35(42-23-14-10-4)34(41-22-13-9-3)32(44-31)27(5)24-30(28(6)37)25-43-36(38)29-18-16-15-17-19-29/h15-19,24,31-35H,7-14,20-23,25-26H2,1-6H3/b27-24+,30-28-/t31-,32+,33-,34+,35+/m1/s1. The van der Waals surface area contributed by atoms with E-state index in [4.69, 9.17) is 40.0 Å². The van der Waals surface area contributed by atoms with E-state index < -0.39 is 18.2 Å². The molecule has 8 heteroatoms. The number of hydrogen-bond donors (Lipinski definition) is 0. The van der Waals surface area contributed by atoms with Crippen LogP contribution < -0.4 is 0 Å². The van der Waals surface area contributed by atoms with Crippen LogP contribution >= 0.6 is 11.6 Å². The molecule has 1 heterocycles. The summed E-state index contributed by atoms with van der Waals surface area (Å²) in [5.41, 5.74) is 2.10. The van der Waals surface area contributed by atoms with E-state index in [2.05, 4.69) is 27.7 Å². The fourth-order valence-electron chi connectivity index (χ4n) is 4.92. The molecule has 1 aromatic rings. The number of carbonyl (C=O) groups excluding carboxylic acids is 1. The molecule has 2 rings (SSSR count). The highest BCUT2D eigenvalue weighted by Crippen LogP contribution is 2.33. The molecule has 1 aliphatic rings. The molecule has 0 spiro atoms. The van der Waals surface area contributed by atoms with Gasteiger partial charge in [-0.1, -0.05) is 89.3 Å². The molecule has 7 nitrogen and oxygen atoms in total. The lowest BCUT2D eigenvalue weighted by Crippen LogP contribution is -2.61. The lowest BCUT2D eigenvalue weighted by atomic mass is 9.90. The Labute approximate surface area is 271 Å². The molecule has 1 aromatic carbocycles. The molecule has 0 N–H and O–H groups in total. The third-order valence-corrected chi connectivity index (χ3v) is 7.89. The second-order valence-corrected chi connectivity index (χ2v) is 12.0. The highest BCUT2D eigenvalue weighted by atomic mass is 35.5. The van der Waals surface area contributed by atoms with Crippen molar-refractivity contribution in [2.24, 2.45) is 0 Å². The Morgan fingerprint density at radius 1 is 0.795 bits per heavy atom. The number of esters is 1. The van der Waals surface area contributed by atoms with Gasteiger partial charge in [0.1, 0.15) is 37.1 Å². The zero-order valence-electron chi connectivity index (χ0n) is 28.0. The largest absolute Gasteiger partial charge is 0.457 e. The van der Waals surface area contributed by atoms with Crippen LogP contribution in [0.15, 0.2) is 52.6 Å². The monoisotopic (exact) mass is 636 g/mol. The Kier molecular flexibility index (Phi) is 19.8. The SMILES string of the molecule is CCCCOC[C@H]1O[C@@H](/C(C)=C/C(COC(=O)c2ccccc2)=C(\C)Cl)[C@H](OCCCC)[C@@H](OCCCC)[C@@H]1OCCCC. The first-order valence-corrected chi connectivity index (χ1v) is 17.1. The quantitative estimate of drug-likeness (QED) is 0.0718. The van der Waals surface area contributed by atoms with Crippen LogP contribution in [0, 0.1) is 0 Å². The van der Waals surface area contributed by atoms with Crippen LogP contribution in [0.1, 0.15) is 103 Å². The molecule has 5 atom stereocenters. The van der Waals surface area contributed by atoms with Crippen LogP contribution in [0.4, 0.5) is 0 Å². The number of allylic oxidation sites excluding steroid dienone is 1. The molecule has 44 heavy (non-hydrogen) atoms. The van der Waals surface area contributed by atoms with Crippen molar-refractivity contribution in [3.05, 3.63) is 58.1 Å². The average Bonchev–Trinajstić information content (AvgIpc) is 3.03. The maximum Gasteiger partial charge on any atom is 0.338 e. The molecule has 250 valence electrons. The predicted octanol–water partition coefficient (Wildman–Crippen LogP) is 8.44. The van der Waals surface area contributed by atoms with Crippen LogP contribution in [0.5, 0.6) is 0 Å². The molecule has 0 saturated carbocycles. The third-order valence-electron chi connectivity index (χ3n) is 7.64. The number of carbonyl (C=O) groups is 1. The molecule has 0 unspecified atom stereocenters. The summed E-state index contributed by atoms with van der Waals surface area (Å²) in [6.45, 7) is 15.4. The van der Waals surface area contributed by atoms with E-state index in [1.807, 2.05) is 31.2 Å². The maximum absolute atomic E-state index is 12.7. The topological polar surface area (TPSA) is 72.5 Å². The fraction of sp³-hybridized carbons (Fsp3) is 0.694. The van der Waals surface area contributed by atoms with Gasteiger partial charge in [0.25, 0.3) is 0 Å². The van der Waals surface area contributed by atoms with Gasteiger partial charge in [0.05, 0.1) is 12.2 Å². The minimum absolute atomic E-state index is 0.0389. The molecule has 0 aromatic heterocycles. The second-order valence-electron chi connectivity index (χ2n) is 11.5. The molecular weight excluding hydrogens is 580 g/mol. The molecular formula is C36H57ClO7. The smallest absolute Gasteiger partial charge is 0.338 e. The fourth-order valence-corrected chi connectivity index (χ4v) is 5.03. The Balaban J connectivity index is 2.41. The van der Waals surface area contributed by atoms with Crippen molar-refractivity contribution in [3.63, 3.8) is 0 Å². The molecule has 0 amide bonds. The molecule has 0 aliphatic carbocycles. The van der Waals surface area contributed by atoms with Gasteiger partial charge in [0, 0.05) is 37.0 Å². The minimum Gasteiger partial charge on any atom is -0.457 e. The molecule has 1 aliphatic heterocycles. The second kappa shape index (κ2) is 22.7. The number of unbranched alkanes of at least 4 members (excludes halogenated alkanes) is 4. The van der Waals surface area contributed by atoms with Gasteiger partial charge in [-0.3, -0.25) is 0 Å². The van der Waals surface area contributed by atoms with E-state index in [-0.39, 0.29) is 24.9 Å². The highest BCUT2D eigenvalue weighted by molar-refractivity contribution is 6.29.